The smallest absolute Gasteiger partial charge is 0.349 e. The number of likely N-dealkylation sites (tertiary alicyclic amines) is 2. The number of sulfonamides is 2. The van der Waals surface area contributed by atoms with Gasteiger partial charge in [-0.3, -0.25) is 34.9 Å². The van der Waals surface area contributed by atoms with Gasteiger partial charge in [0.15, 0.2) is 22.9 Å². The second kappa shape index (κ2) is 38.4. The molecule has 105 heavy (non-hydrogen) atoms. The number of methoxy groups -OCH3 is 2. The van der Waals surface area contributed by atoms with Crippen LogP contribution in [0.3, 0.4) is 0 Å². The molecule has 6 N–H and O–H groups in total. The molecule has 3 aliphatic rings. The lowest BCUT2D eigenvalue weighted by Crippen LogP contribution is -2.48. The molecule has 2 saturated heterocycles. The number of nitrogens with zero attached hydrogens (tertiary/aromatic N) is 6. The van der Waals surface area contributed by atoms with Crippen molar-refractivity contribution in [3.05, 3.63) is 183 Å². The number of carbonyl (C=O) groups is 4. The molecule has 10 rings (SSSR count). The summed E-state index contributed by atoms with van der Waals surface area (Å²) in [7, 11) is -3.21. The zero-order chi connectivity index (χ0) is 77.2. The lowest BCUT2D eigenvalue weighted by Gasteiger charge is -2.33. The Morgan fingerprint density at radius 1 is 0.667 bits per heavy atom. The Morgan fingerprint density at radius 3 is 1.45 bits per heavy atom. The minimum absolute atomic E-state index is 0.0147. The third-order valence-electron chi connectivity index (χ3n) is 16.8. The first-order chi connectivity index (χ1) is 49.7. The third-order valence-corrected chi connectivity index (χ3v) is 22.3. The number of nitrogens with one attached hydrogen (secondary N) is 4. The van der Waals surface area contributed by atoms with Gasteiger partial charge in [-0.25, -0.2) is 44.0 Å². The Hall–Kier alpha value is -8.18. The number of amides is 5. The topological polar surface area (TPSA) is 328 Å². The number of H-pyrrole nitrogens is 1. The van der Waals surface area contributed by atoms with Crippen molar-refractivity contribution in [1.29, 1.82) is 5.41 Å². The normalized spacial score (nSPS) is 14.8. The maximum absolute atomic E-state index is 14.1. The number of aryl methyl sites for hydroxylation is 2. The lowest BCUT2D eigenvalue weighted by molar-refractivity contribution is -0.135. The summed E-state index contributed by atoms with van der Waals surface area (Å²) < 4.78 is 131. The number of hydrogen-bond acceptors (Lipinski definition) is 17. The number of hydrogen-bond donors (Lipinski definition) is 5. The van der Waals surface area contributed by atoms with Crippen molar-refractivity contribution >= 4 is 112 Å². The monoisotopic (exact) mass is 1640 g/mol. The van der Waals surface area contributed by atoms with E-state index in [1.165, 1.54) is 73.1 Å². The maximum Gasteiger partial charge on any atom is 0.349 e. The highest BCUT2D eigenvalue weighted by Gasteiger charge is 2.35. The van der Waals surface area contributed by atoms with Crippen molar-refractivity contribution in [2.45, 2.75) is 107 Å². The molecule has 566 valence electrons. The molecule has 36 heteroatoms. The molecule has 0 radical (unpaired) electrons. The highest BCUT2D eigenvalue weighted by molar-refractivity contribution is 9.10. The van der Waals surface area contributed by atoms with Gasteiger partial charge in [-0.15, -0.1) is 0 Å². The summed E-state index contributed by atoms with van der Waals surface area (Å²) in [6.45, 7) is 7.22. The largest absolute Gasteiger partial charge is 0.497 e. The minimum atomic E-state index is -4.28. The van der Waals surface area contributed by atoms with Crippen LogP contribution in [0.2, 0.25) is 20.1 Å². The minimum Gasteiger partial charge on any atom is -0.497 e. The number of aromatic nitrogens is 3. The zero-order valence-corrected chi connectivity index (χ0v) is 63.7. The van der Waals surface area contributed by atoms with Gasteiger partial charge in [0.05, 0.1) is 62.9 Å². The van der Waals surface area contributed by atoms with Gasteiger partial charge in [0, 0.05) is 61.9 Å². The van der Waals surface area contributed by atoms with E-state index < -0.39 is 67.5 Å². The molecule has 0 spiro atoms. The number of imide groups is 1. The van der Waals surface area contributed by atoms with Crippen molar-refractivity contribution in [2.24, 2.45) is 11.7 Å². The Balaban J connectivity index is 0.000000233. The molecule has 1 aliphatic carbocycles. The number of primary amides is 1. The average molecular weight is 1650 g/mol. The van der Waals surface area contributed by atoms with E-state index in [0.29, 0.717) is 63.5 Å². The van der Waals surface area contributed by atoms with Crippen LogP contribution >= 0.6 is 62.3 Å². The molecule has 5 amide bonds. The summed E-state index contributed by atoms with van der Waals surface area (Å²) in [5, 5.41) is 14.7. The number of halogens is 9. The first kappa shape index (κ1) is 84.1. The van der Waals surface area contributed by atoms with Crippen molar-refractivity contribution < 1.29 is 72.5 Å². The zero-order valence-electron chi connectivity index (χ0n) is 57.5. The number of urea groups is 1. The summed E-state index contributed by atoms with van der Waals surface area (Å²) in [5.74, 6) is 0.492. The van der Waals surface area contributed by atoms with E-state index in [1.54, 1.807) is 109 Å². The molecule has 6 aromatic carbocycles. The number of aromatic amines is 1. The molecule has 2 atom stereocenters. The number of nitrogens with two attached hydrogens (primary N) is 1. The fourth-order valence-corrected chi connectivity index (χ4v) is 15.9. The van der Waals surface area contributed by atoms with Gasteiger partial charge >= 0.3 is 11.7 Å². The number of alkyl halides is 4. The first-order valence-corrected chi connectivity index (χ1v) is 37.6. The predicted octanol–water partition coefficient (Wildman–Crippen LogP) is 12.6. The van der Waals surface area contributed by atoms with Crippen molar-refractivity contribution in [3.63, 3.8) is 0 Å². The Kier molecular flexibility index (Phi) is 30.7. The van der Waals surface area contributed by atoms with E-state index in [4.69, 9.17) is 70.8 Å². The van der Waals surface area contributed by atoms with Gasteiger partial charge in [0.1, 0.15) is 23.0 Å². The molecule has 25 nitrogen and oxygen atoms in total. The van der Waals surface area contributed by atoms with Gasteiger partial charge < -0.3 is 39.8 Å². The SMILES string of the molecule is CC[C@H]1CCCC[C@@H]1NC.COc1ccc(CN(CC(=O)N2CCC2)S(=O)(=O)c2cc(Oc3c(Cl)cc(-n4nc(C(F)F)c(=O)[nH]c4=O)cc3Cl)ccc2C)cc1.COc1ccc(CN(CC(=O)N2CCC2)S(=O)(=O)c2cc(Oc3c(Cl)cc(Br)cc3Cl)ccc2C)cc1.N=C(C(=O)NC(N)=O)C(F)F. The van der Waals surface area contributed by atoms with E-state index in [-0.39, 0.29) is 96.6 Å². The number of ether oxygens (including phenoxy) is 4. The molecule has 0 bridgehead atoms. The van der Waals surface area contributed by atoms with Gasteiger partial charge in [-0.05, 0) is 135 Å². The average Bonchev–Trinajstić information content (AvgIpc) is 0.769. The molecular weight excluding hydrogens is 1570 g/mol. The summed E-state index contributed by atoms with van der Waals surface area (Å²) in [4.78, 5) is 74.8. The van der Waals surface area contributed by atoms with E-state index >= 15 is 0 Å². The molecule has 3 heterocycles. The molecule has 0 unspecified atom stereocenters. The summed E-state index contributed by atoms with van der Waals surface area (Å²) >= 11 is 28.7. The highest BCUT2D eigenvalue weighted by atomic mass is 79.9. The van der Waals surface area contributed by atoms with E-state index in [1.807, 2.05) is 0 Å². The quantitative estimate of drug-likeness (QED) is 0.0277. The summed E-state index contributed by atoms with van der Waals surface area (Å²) in [6.07, 6.45) is 2.38. The standard InChI is InChI=1S/C30H27Cl2F2N5O7S.C26H25BrCl2N2O5S.C9H19N.C4H5F2N3O2/c1-17-4-7-21(46-27-22(31)12-19(13-23(27)32)39-30(42)35-29(41)26(36-39)28(33)34)14-24(17)47(43,44)38(16-25(40)37-10-3-11-37)15-18-5-8-20(45-2)9-6-18;1-17-4-7-21(36-26-22(28)12-19(27)13-23(26)29)14-24(17)37(33,34)31(16-25(32)30-10-3-11-30)15-18-5-8-20(35-2)9-6-18;1-3-8-6-4-5-7-9(8)10-2;5-2(6)1(7)3(10)9-4(8)11/h4-9,12-14,28H,3,10-11,15-16H2,1-2H3,(H,35,41,42);4-9,12-14H,3,10-11,15-16H2,1-2H3;8-10H,3-7H2,1-2H3;2,7H,(H3,8,9,10,11)/t;;8-,9-;/m..0./s1. The van der Waals surface area contributed by atoms with Crippen molar-refractivity contribution in [3.8, 4) is 40.2 Å². The Morgan fingerprint density at radius 2 is 1.09 bits per heavy atom. The van der Waals surface area contributed by atoms with Crippen LogP contribution in [-0.4, -0.2) is 152 Å². The second-order valence-corrected chi connectivity index (χ2v) is 30.3. The molecule has 1 aromatic heterocycles. The number of rotatable bonds is 24. The van der Waals surface area contributed by atoms with E-state index in [0.717, 1.165) is 46.8 Å². The van der Waals surface area contributed by atoms with Gasteiger partial charge in [-0.2, -0.15) is 18.4 Å². The van der Waals surface area contributed by atoms with Gasteiger partial charge in [0.2, 0.25) is 31.9 Å². The molecular formula is C69H76BrCl4F4N11O14S2. The molecule has 3 fully saturated rings. The van der Waals surface area contributed by atoms with Crippen molar-refractivity contribution in [2.75, 3.05) is 60.5 Å². The Labute approximate surface area is 631 Å². The van der Waals surface area contributed by atoms with Crippen LogP contribution < -0.4 is 46.6 Å². The van der Waals surface area contributed by atoms with Crippen LogP contribution in [-0.2, 0) is 47.5 Å². The molecule has 1 saturated carbocycles. The highest BCUT2D eigenvalue weighted by Crippen LogP contribution is 2.42. The van der Waals surface area contributed by atoms with Crippen LogP contribution in [0.25, 0.3) is 5.69 Å². The fraction of sp³-hybridized carbons (Fsp3) is 0.362. The van der Waals surface area contributed by atoms with E-state index in [9.17, 15) is 63.2 Å². The number of benzene rings is 6. The second-order valence-electron chi connectivity index (χ2n) is 23.9. The maximum atomic E-state index is 14.1. The molecule has 2 aliphatic heterocycles. The third kappa shape index (κ3) is 22.7. The van der Waals surface area contributed by atoms with Crippen LogP contribution in [0.1, 0.15) is 86.2 Å². The van der Waals surface area contributed by atoms with Crippen LogP contribution in [0, 0.1) is 25.2 Å². The van der Waals surface area contributed by atoms with Gasteiger partial charge in [-0.1, -0.05) is 125 Å². The van der Waals surface area contributed by atoms with Gasteiger partial charge in [0.25, 0.3) is 24.3 Å². The van der Waals surface area contributed by atoms with Crippen LogP contribution in [0.15, 0.2) is 133 Å². The summed E-state index contributed by atoms with van der Waals surface area (Å²) in [5.41, 5.74) is 1.39. The van der Waals surface area contributed by atoms with Crippen molar-refractivity contribution in [1.82, 2.24) is 43.8 Å². The van der Waals surface area contributed by atoms with E-state index in [2.05, 4.69) is 46.1 Å². The fourth-order valence-electron chi connectivity index (χ4n) is 10.8. The Bertz CT molecular complexity index is 4580. The molecule has 7 aromatic rings. The van der Waals surface area contributed by atoms with Crippen LogP contribution in [0.4, 0.5) is 22.4 Å². The predicted molar refractivity (Wildman–Crippen MR) is 392 cm³/mol. The number of carbonyl (C=O) groups excluding carboxylic acids is 4. The summed E-state index contributed by atoms with van der Waals surface area (Å²) in [6, 6.07) is 27.9. The first-order valence-electron chi connectivity index (χ1n) is 32.4. The van der Waals surface area contributed by atoms with Crippen LogP contribution in [0.5, 0.6) is 34.5 Å². The lowest BCUT2D eigenvalue weighted by atomic mass is 9.83.